The molecule has 0 unspecified atom stereocenters. The van der Waals surface area contributed by atoms with Crippen LogP contribution >= 0.6 is 0 Å². The number of hydrogen-bond acceptors (Lipinski definition) is 4. The third-order valence-corrected chi connectivity index (χ3v) is 3.32. The summed E-state index contributed by atoms with van der Waals surface area (Å²) in [6, 6.07) is 16.1. The zero-order valence-electron chi connectivity index (χ0n) is 12.1. The van der Waals surface area contributed by atoms with Crippen molar-refractivity contribution in [1.82, 2.24) is 9.97 Å². The predicted molar refractivity (Wildman–Crippen MR) is 84.6 cm³/mol. The molecule has 0 spiro atoms. The number of aromatic nitrogens is 2. The minimum Gasteiger partial charge on any atom is -0.497 e. The molecule has 106 valence electrons. The van der Waals surface area contributed by atoms with Gasteiger partial charge in [0, 0.05) is 11.9 Å². The zero-order chi connectivity index (χ0) is 14.7. The van der Waals surface area contributed by atoms with Crippen LogP contribution in [0, 0.1) is 6.92 Å². The lowest BCUT2D eigenvalue weighted by molar-refractivity contribution is 0.415. The Morgan fingerprint density at radius 1 is 1.05 bits per heavy atom. The molecular formula is C17H17N3O. The van der Waals surface area contributed by atoms with Crippen molar-refractivity contribution >= 4 is 16.7 Å². The van der Waals surface area contributed by atoms with Gasteiger partial charge in [0.15, 0.2) is 0 Å². The van der Waals surface area contributed by atoms with Crippen molar-refractivity contribution in [3.8, 4) is 5.75 Å². The summed E-state index contributed by atoms with van der Waals surface area (Å²) in [5.74, 6) is 2.39. The van der Waals surface area contributed by atoms with Crippen molar-refractivity contribution in [1.29, 1.82) is 0 Å². The van der Waals surface area contributed by atoms with Gasteiger partial charge in [0.2, 0.25) is 0 Å². The number of nitrogens with zero attached hydrogens (tertiary/aromatic N) is 2. The first-order chi connectivity index (χ1) is 10.3. The van der Waals surface area contributed by atoms with Crippen molar-refractivity contribution in [3.05, 3.63) is 59.9 Å². The molecule has 1 heterocycles. The number of ether oxygens (including phenoxy) is 1. The Morgan fingerprint density at radius 3 is 2.62 bits per heavy atom. The van der Waals surface area contributed by atoms with Gasteiger partial charge in [-0.1, -0.05) is 30.3 Å². The summed E-state index contributed by atoms with van der Waals surface area (Å²) in [6.07, 6.45) is 0. The Balaban J connectivity index is 1.96. The van der Waals surface area contributed by atoms with Gasteiger partial charge in [-0.2, -0.15) is 0 Å². The van der Waals surface area contributed by atoms with Crippen molar-refractivity contribution in [2.75, 3.05) is 12.4 Å². The van der Waals surface area contributed by atoms with Crippen molar-refractivity contribution in [3.63, 3.8) is 0 Å². The fourth-order valence-electron chi connectivity index (χ4n) is 2.27. The molecule has 0 amide bonds. The number of anilines is 1. The van der Waals surface area contributed by atoms with E-state index in [1.165, 1.54) is 5.56 Å². The van der Waals surface area contributed by atoms with Gasteiger partial charge in [-0.25, -0.2) is 9.97 Å². The number of benzene rings is 2. The van der Waals surface area contributed by atoms with E-state index in [9.17, 15) is 0 Å². The quantitative estimate of drug-likeness (QED) is 0.793. The molecule has 4 heteroatoms. The highest BCUT2D eigenvalue weighted by atomic mass is 16.5. The van der Waals surface area contributed by atoms with E-state index in [0.29, 0.717) is 0 Å². The first-order valence-corrected chi connectivity index (χ1v) is 6.86. The molecule has 0 radical (unpaired) electrons. The maximum absolute atomic E-state index is 5.29. The average Bonchev–Trinajstić information content (AvgIpc) is 2.53. The normalized spacial score (nSPS) is 10.6. The summed E-state index contributed by atoms with van der Waals surface area (Å²) in [5, 5.41) is 4.36. The van der Waals surface area contributed by atoms with E-state index in [1.54, 1.807) is 7.11 Å². The van der Waals surface area contributed by atoms with Crippen molar-refractivity contribution < 1.29 is 4.74 Å². The standard InChI is InChI=1S/C17H17N3O/c1-12-19-16-9-8-14(21-2)10-15(16)17(20-12)18-11-13-6-4-3-5-7-13/h3-10H,11H2,1-2H3,(H,18,19,20). The van der Waals surface area contributed by atoms with Crippen LogP contribution in [0.5, 0.6) is 5.75 Å². The molecule has 4 nitrogen and oxygen atoms in total. The van der Waals surface area contributed by atoms with Crippen LogP contribution in [-0.4, -0.2) is 17.1 Å². The van der Waals surface area contributed by atoms with Gasteiger partial charge >= 0.3 is 0 Å². The lowest BCUT2D eigenvalue weighted by Crippen LogP contribution is -2.04. The first-order valence-electron chi connectivity index (χ1n) is 6.86. The second-order valence-electron chi connectivity index (χ2n) is 4.84. The Kier molecular flexibility index (Phi) is 3.69. The Bertz CT molecular complexity index is 757. The minimum atomic E-state index is 0.726. The number of nitrogens with one attached hydrogen (secondary N) is 1. The van der Waals surface area contributed by atoms with Crippen LogP contribution in [0.2, 0.25) is 0 Å². The summed E-state index contributed by atoms with van der Waals surface area (Å²) in [5.41, 5.74) is 2.13. The van der Waals surface area contributed by atoms with E-state index < -0.39 is 0 Å². The summed E-state index contributed by atoms with van der Waals surface area (Å²) in [6.45, 7) is 2.63. The minimum absolute atomic E-state index is 0.726. The molecule has 1 N–H and O–H groups in total. The third kappa shape index (κ3) is 2.94. The predicted octanol–water partition coefficient (Wildman–Crippen LogP) is 3.56. The second kappa shape index (κ2) is 5.79. The summed E-state index contributed by atoms with van der Waals surface area (Å²) in [4.78, 5) is 8.97. The SMILES string of the molecule is COc1ccc2nc(C)nc(NCc3ccccc3)c2c1. The summed E-state index contributed by atoms with van der Waals surface area (Å²) in [7, 11) is 1.66. The molecule has 0 saturated heterocycles. The Labute approximate surface area is 123 Å². The molecular weight excluding hydrogens is 262 g/mol. The zero-order valence-corrected chi connectivity index (χ0v) is 12.1. The van der Waals surface area contributed by atoms with E-state index >= 15 is 0 Å². The van der Waals surface area contributed by atoms with Crippen molar-refractivity contribution in [2.24, 2.45) is 0 Å². The third-order valence-electron chi connectivity index (χ3n) is 3.32. The molecule has 21 heavy (non-hydrogen) atoms. The molecule has 2 aromatic carbocycles. The van der Waals surface area contributed by atoms with Gasteiger partial charge in [-0.15, -0.1) is 0 Å². The fraction of sp³-hybridized carbons (Fsp3) is 0.176. The summed E-state index contributed by atoms with van der Waals surface area (Å²) < 4.78 is 5.29. The van der Waals surface area contributed by atoms with Gasteiger partial charge in [0.1, 0.15) is 17.4 Å². The molecule has 3 aromatic rings. The molecule has 0 saturated carbocycles. The maximum Gasteiger partial charge on any atom is 0.138 e. The maximum atomic E-state index is 5.29. The van der Waals surface area contributed by atoms with E-state index in [0.717, 1.165) is 34.8 Å². The average molecular weight is 279 g/mol. The van der Waals surface area contributed by atoms with Crippen LogP contribution in [0.25, 0.3) is 10.9 Å². The van der Waals surface area contributed by atoms with Gasteiger partial charge in [-0.05, 0) is 30.7 Å². The topological polar surface area (TPSA) is 47.0 Å². The molecule has 0 aliphatic carbocycles. The second-order valence-corrected chi connectivity index (χ2v) is 4.84. The number of fused-ring (bicyclic) bond motifs is 1. The van der Waals surface area contributed by atoms with Crippen LogP contribution in [0.4, 0.5) is 5.82 Å². The van der Waals surface area contributed by atoms with E-state index in [1.807, 2.05) is 43.3 Å². The molecule has 0 fully saturated rings. The van der Waals surface area contributed by atoms with Crippen molar-refractivity contribution in [2.45, 2.75) is 13.5 Å². The van der Waals surface area contributed by atoms with E-state index in [2.05, 4.69) is 27.4 Å². The first kappa shape index (κ1) is 13.4. The van der Waals surface area contributed by atoms with Crippen LogP contribution in [0.3, 0.4) is 0 Å². The molecule has 0 aliphatic rings. The number of aryl methyl sites for hydroxylation is 1. The lowest BCUT2D eigenvalue weighted by Gasteiger charge is -2.10. The van der Waals surface area contributed by atoms with E-state index in [4.69, 9.17) is 4.74 Å². The van der Waals surface area contributed by atoms with Gasteiger partial charge in [-0.3, -0.25) is 0 Å². The van der Waals surface area contributed by atoms with Gasteiger partial charge in [0.25, 0.3) is 0 Å². The Morgan fingerprint density at radius 2 is 1.86 bits per heavy atom. The van der Waals surface area contributed by atoms with Crippen LogP contribution in [-0.2, 0) is 6.54 Å². The van der Waals surface area contributed by atoms with Gasteiger partial charge < -0.3 is 10.1 Å². The highest BCUT2D eigenvalue weighted by Gasteiger charge is 2.07. The monoisotopic (exact) mass is 279 g/mol. The molecule has 0 bridgehead atoms. The smallest absolute Gasteiger partial charge is 0.138 e. The van der Waals surface area contributed by atoms with E-state index in [-0.39, 0.29) is 0 Å². The largest absolute Gasteiger partial charge is 0.497 e. The molecule has 3 rings (SSSR count). The highest BCUT2D eigenvalue weighted by Crippen LogP contribution is 2.25. The van der Waals surface area contributed by atoms with Crippen LogP contribution in [0.1, 0.15) is 11.4 Å². The summed E-state index contributed by atoms with van der Waals surface area (Å²) >= 11 is 0. The molecule has 1 aromatic heterocycles. The van der Waals surface area contributed by atoms with Gasteiger partial charge in [0.05, 0.1) is 12.6 Å². The number of rotatable bonds is 4. The number of methoxy groups -OCH3 is 1. The Hall–Kier alpha value is -2.62. The highest BCUT2D eigenvalue weighted by molar-refractivity contribution is 5.90. The number of hydrogen-bond donors (Lipinski definition) is 1. The molecule has 0 aliphatic heterocycles. The van der Waals surface area contributed by atoms with Crippen LogP contribution in [0.15, 0.2) is 48.5 Å². The molecule has 0 atom stereocenters. The van der Waals surface area contributed by atoms with Crippen LogP contribution < -0.4 is 10.1 Å². The fourth-order valence-corrected chi connectivity index (χ4v) is 2.27. The lowest BCUT2D eigenvalue weighted by atomic mass is 10.2.